The number of aromatic nitrogens is 1. The second-order valence-electron chi connectivity index (χ2n) is 9.36. The van der Waals surface area contributed by atoms with Gasteiger partial charge in [-0.2, -0.15) is 13.2 Å². The summed E-state index contributed by atoms with van der Waals surface area (Å²) >= 11 is 1.11. The maximum Gasteiger partial charge on any atom is 0.406 e. The standard InChI is InChI=1S/C28H34F3N5O2S/c1-37-16-15-35-13-10-20(11-14-35)34-24-6-3-7-26-23(24)17-21(36(26)19-28(29,30)31)5-4-12-33-25-9-8-22(39-32)18-27(25)38-2/h3,6-9,17-18,20,33-34H,10-16,19,32H2,1-2H3. The van der Waals surface area contributed by atoms with Crippen molar-refractivity contribution in [3.05, 3.63) is 48.2 Å². The molecular formula is C28H34F3N5O2S. The van der Waals surface area contributed by atoms with E-state index in [1.807, 2.05) is 18.2 Å². The van der Waals surface area contributed by atoms with E-state index < -0.39 is 12.7 Å². The smallest absolute Gasteiger partial charge is 0.406 e. The summed E-state index contributed by atoms with van der Waals surface area (Å²) in [6, 6.07) is 12.9. The van der Waals surface area contributed by atoms with Crippen molar-refractivity contribution >= 4 is 34.2 Å². The first kappa shape index (κ1) is 29.0. The van der Waals surface area contributed by atoms with Crippen molar-refractivity contribution in [3.8, 4) is 17.6 Å². The summed E-state index contributed by atoms with van der Waals surface area (Å²) in [5.74, 6) is 6.53. The summed E-state index contributed by atoms with van der Waals surface area (Å²) in [5.41, 5.74) is 2.37. The predicted octanol–water partition coefficient (Wildman–Crippen LogP) is 5.16. The van der Waals surface area contributed by atoms with Gasteiger partial charge in [0.15, 0.2) is 0 Å². The molecule has 11 heteroatoms. The maximum atomic E-state index is 13.5. The summed E-state index contributed by atoms with van der Waals surface area (Å²) in [5, 5.41) is 13.1. The molecular weight excluding hydrogens is 527 g/mol. The van der Waals surface area contributed by atoms with Crippen LogP contribution in [-0.4, -0.2) is 68.7 Å². The van der Waals surface area contributed by atoms with Crippen molar-refractivity contribution in [3.63, 3.8) is 0 Å². The Morgan fingerprint density at radius 3 is 2.59 bits per heavy atom. The lowest BCUT2D eigenvalue weighted by Gasteiger charge is -2.32. The Morgan fingerprint density at radius 2 is 1.90 bits per heavy atom. The molecule has 0 atom stereocenters. The number of nitrogens with two attached hydrogens (primary N) is 1. The van der Waals surface area contributed by atoms with Crippen LogP contribution in [0.1, 0.15) is 18.5 Å². The van der Waals surface area contributed by atoms with E-state index in [1.54, 1.807) is 38.5 Å². The van der Waals surface area contributed by atoms with Gasteiger partial charge >= 0.3 is 6.18 Å². The number of piperidine rings is 1. The second kappa shape index (κ2) is 13.3. The van der Waals surface area contributed by atoms with Crippen LogP contribution in [0.2, 0.25) is 0 Å². The molecule has 0 radical (unpaired) electrons. The fourth-order valence-corrected chi connectivity index (χ4v) is 5.09. The highest BCUT2D eigenvalue weighted by Crippen LogP contribution is 2.32. The molecule has 0 amide bonds. The lowest BCUT2D eigenvalue weighted by Crippen LogP contribution is -2.40. The molecule has 1 aliphatic rings. The number of nitrogens with one attached hydrogen (secondary N) is 2. The van der Waals surface area contributed by atoms with E-state index in [-0.39, 0.29) is 12.6 Å². The van der Waals surface area contributed by atoms with E-state index in [1.165, 1.54) is 4.57 Å². The Balaban J connectivity index is 1.53. The van der Waals surface area contributed by atoms with Crippen LogP contribution in [0.25, 0.3) is 10.9 Å². The molecule has 2 heterocycles. The van der Waals surface area contributed by atoms with Gasteiger partial charge in [0.25, 0.3) is 0 Å². The number of alkyl halides is 3. The van der Waals surface area contributed by atoms with Crippen LogP contribution in [-0.2, 0) is 11.3 Å². The molecule has 7 nitrogen and oxygen atoms in total. The predicted molar refractivity (Wildman–Crippen MR) is 151 cm³/mol. The van der Waals surface area contributed by atoms with Crippen LogP contribution in [0.4, 0.5) is 24.5 Å². The molecule has 210 valence electrons. The summed E-state index contributed by atoms with van der Waals surface area (Å²) in [6.07, 6.45) is -2.47. The zero-order valence-corrected chi connectivity index (χ0v) is 22.9. The molecule has 4 N–H and O–H groups in total. The number of hydrogen-bond acceptors (Lipinski definition) is 7. The molecule has 0 unspecified atom stereocenters. The Kier molecular flexibility index (Phi) is 9.91. The van der Waals surface area contributed by atoms with E-state index in [0.29, 0.717) is 23.6 Å². The molecule has 0 saturated carbocycles. The molecule has 1 aromatic heterocycles. The average molecular weight is 562 g/mol. The van der Waals surface area contributed by atoms with Gasteiger partial charge < -0.3 is 29.6 Å². The molecule has 3 aromatic rings. The van der Waals surface area contributed by atoms with Gasteiger partial charge in [0.05, 0.1) is 37.2 Å². The first-order valence-electron chi connectivity index (χ1n) is 12.8. The summed E-state index contributed by atoms with van der Waals surface area (Å²) < 4.78 is 52.4. The molecule has 2 aromatic carbocycles. The van der Waals surface area contributed by atoms with Gasteiger partial charge in [-0.3, -0.25) is 5.14 Å². The van der Waals surface area contributed by atoms with E-state index in [9.17, 15) is 13.2 Å². The third kappa shape index (κ3) is 7.76. The molecule has 4 rings (SSSR count). The van der Waals surface area contributed by atoms with Crippen molar-refractivity contribution in [2.75, 3.05) is 57.6 Å². The van der Waals surface area contributed by atoms with Crippen LogP contribution in [0.15, 0.2) is 47.4 Å². The van der Waals surface area contributed by atoms with Crippen LogP contribution >= 0.6 is 11.9 Å². The maximum absolute atomic E-state index is 13.5. The molecule has 1 fully saturated rings. The van der Waals surface area contributed by atoms with Crippen LogP contribution in [0.3, 0.4) is 0 Å². The number of hydrogen-bond donors (Lipinski definition) is 3. The quantitative estimate of drug-likeness (QED) is 0.233. The average Bonchev–Trinajstić information content (AvgIpc) is 3.27. The number of rotatable bonds is 10. The van der Waals surface area contributed by atoms with Gasteiger partial charge in [-0.15, -0.1) is 0 Å². The fourth-order valence-electron chi connectivity index (χ4n) is 4.77. The molecule has 0 bridgehead atoms. The molecule has 1 saturated heterocycles. The number of likely N-dealkylation sites (tertiary alicyclic amines) is 1. The SMILES string of the molecule is COCCN1CCC(Nc2cccc3c2cc(C#CCNc2ccc(SN)cc2OC)n3CC(F)(F)F)CC1. The second-order valence-corrected chi connectivity index (χ2v) is 10.1. The van der Waals surface area contributed by atoms with Gasteiger partial charge in [-0.25, -0.2) is 0 Å². The minimum atomic E-state index is -4.38. The lowest BCUT2D eigenvalue weighted by molar-refractivity contribution is -0.140. The normalized spacial score (nSPS) is 14.7. The van der Waals surface area contributed by atoms with Crippen LogP contribution < -0.4 is 20.5 Å². The zero-order chi connectivity index (χ0) is 27.8. The van der Waals surface area contributed by atoms with Gasteiger partial charge in [0.1, 0.15) is 12.3 Å². The van der Waals surface area contributed by atoms with E-state index in [4.69, 9.17) is 14.6 Å². The molecule has 0 spiro atoms. The summed E-state index contributed by atoms with van der Waals surface area (Å²) in [7, 11) is 3.26. The Morgan fingerprint density at radius 1 is 1.10 bits per heavy atom. The Bertz CT molecular complexity index is 1310. The third-order valence-corrected chi connectivity index (χ3v) is 7.26. The minimum absolute atomic E-state index is 0.228. The number of ether oxygens (including phenoxy) is 2. The monoisotopic (exact) mass is 561 g/mol. The van der Waals surface area contributed by atoms with Gasteiger partial charge in [-0.1, -0.05) is 12.0 Å². The number of methoxy groups -OCH3 is 2. The first-order valence-corrected chi connectivity index (χ1v) is 13.6. The number of benzene rings is 2. The largest absolute Gasteiger partial charge is 0.495 e. The Hall–Kier alpha value is -3.04. The summed E-state index contributed by atoms with van der Waals surface area (Å²) in [6.45, 7) is 2.63. The lowest BCUT2D eigenvalue weighted by atomic mass is 10.0. The molecule has 1 aliphatic heterocycles. The highest BCUT2D eigenvalue weighted by atomic mass is 32.2. The van der Waals surface area contributed by atoms with Crippen molar-refractivity contribution < 1.29 is 22.6 Å². The Labute approximate surface area is 231 Å². The highest BCUT2D eigenvalue weighted by molar-refractivity contribution is 7.97. The van der Waals surface area contributed by atoms with Crippen LogP contribution in [0.5, 0.6) is 5.75 Å². The molecule has 39 heavy (non-hydrogen) atoms. The van der Waals surface area contributed by atoms with E-state index in [0.717, 1.165) is 66.1 Å². The number of fused-ring (bicyclic) bond motifs is 1. The van der Waals surface area contributed by atoms with Crippen molar-refractivity contribution in [2.24, 2.45) is 5.14 Å². The topological polar surface area (TPSA) is 76.7 Å². The molecule has 0 aliphatic carbocycles. The van der Waals surface area contributed by atoms with E-state index in [2.05, 4.69) is 27.4 Å². The number of halogens is 3. The van der Waals surface area contributed by atoms with Gasteiger partial charge in [-0.05, 0) is 67.1 Å². The van der Waals surface area contributed by atoms with E-state index >= 15 is 0 Å². The van der Waals surface area contributed by atoms with Crippen molar-refractivity contribution in [1.29, 1.82) is 0 Å². The van der Waals surface area contributed by atoms with Gasteiger partial charge in [0.2, 0.25) is 0 Å². The van der Waals surface area contributed by atoms with Crippen molar-refractivity contribution in [1.82, 2.24) is 9.47 Å². The van der Waals surface area contributed by atoms with Crippen LogP contribution in [0, 0.1) is 11.8 Å². The number of anilines is 2. The summed E-state index contributed by atoms with van der Waals surface area (Å²) in [4.78, 5) is 3.21. The van der Waals surface area contributed by atoms with Gasteiger partial charge in [0, 0.05) is 48.8 Å². The zero-order valence-electron chi connectivity index (χ0n) is 22.1. The third-order valence-electron chi connectivity index (χ3n) is 6.73. The first-order chi connectivity index (χ1) is 18.8. The minimum Gasteiger partial charge on any atom is -0.495 e. The van der Waals surface area contributed by atoms with Crippen molar-refractivity contribution in [2.45, 2.75) is 36.5 Å². The fraction of sp³-hybridized carbons (Fsp3) is 0.429. The highest BCUT2D eigenvalue weighted by Gasteiger charge is 2.30. The number of nitrogens with zero attached hydrogens (tertiary/aromatic N) is 2.